The number of fused-ring (bicyclic) bond motifs is 1. The predicted octanol–water partition coefficient (Wildman–Crippen LogP) is 3.52. The molecule has 4 heteroatoms. The summed E-state index contributed by atoms with van der Waals surface area (Å²) < 4.78 is 5.13. The summed E-state index contributed by atoms with van der Waals surface area (Å²) in [6.45, 7) is 0.520. The highest BCUT2D eigenvalue weighted by atomic mass is 16.6. The van der Waals surface area contributed by atoms with Crippen LogP contribution in [0.5, 0.6) is 0 Å². The van der Waals surface area contributed by atoms with Crippen molar-refractivity contribution < 1.29 is 14.3 Å². The standard InChI is InChI=1S/C20H25NO3/c22-9-1-2-14-3-4-16-11-17(6-5-15(16)10-14)18-7-8-20(12-18)13-24-19(23)21-20/h5-6,9,11,14,18H,1-4,7-8,10,12-13H2,(H,21,23)/t14-,18-,20?/m1/s1. The highest BCUT2D eigenvalue weighted by Crippen LogP contribution is 2.43. The van der Waals surface area contributed by atoms with Crippen LogP contribution in [0.3, 0.4) is 0 Å². The number of carbonyl (C=O) groups is 2. The molecule has 1 heterocycles. The zero-order chi connectivity index (χ0) is 16.6. The van der Waals surface area contributed by atoms with Crippen molar-refractivity contribution in [3.8, 4) is 0 Å². The number of rotatable bonds is 4. The Labute approximate surface area is 143 Å². The molecule has 0 radical (unpaired) electrons. The normalized spacial score (nSPS) is 31.6. The van der Waals surface area contributed by atoms with E-state index in [-0.39, 0.29) is 11.6 Å². The third-order valence-electron chi connectivity index (χ3n) is 6.18. The number of benzene rings is 1. The van der Waals surface area contributed by atoms with Gasteiger partial charge in [0, 0.05) is 6.42 Å². The maximum absolute atomic E-state index is 11.4. The topological polar surface area (TPSA) is 55.4 Å². The summed E-state index contributed by atoms with van der Waals surface area (Å²) in [5.74, 6) is 1.18. The van der Waals surface area contributed by atoms with Crippen molar-refractivity contribution in [2.45, 2.75) is 62.8 Å². The molecule has 1 saturated carbocycles. The summed E-state index contributed by atoms with van der Waals surface area (Å²) in [6.07, 6.45) is 9.04. The number of carbonyl (C=O) groups excluding carboxylic acids is 2. The summed E-state index contributed by atoms with van der Waals surface area (Å²) in [4.78, 5) is 22.0. The molecule has 0 bridgehead atoms. The van der Waals surface area contributed by atoms with Crippen LogP contribution in [0, 0.1) is 5.92 Å². The van der Waals surface area contributed by atoms with Crippen LogP contribution in [0.15, 0.2) is 18.2 Å². The van der Waals surface area contributed by atoms with Crippen LogP contribution >= 0.6 is 0 Å². The van der Waals surface area contributed by atoms with Gasteiger partial charge in [0.2, 0.25) is 0 Å². The molecule has 4 rings (SSSR count). The lowest BCUT2D eigenvalue weighted by Gasteiger charge is -2.26. The lowest BCUT2D eigenvalue weighted by Crippen LogP contribution is -2.40. The quantitative estimate of drug-likeness (QED) is 0.861. The third-order valence-corrected chi connectivity index (χ3v) is 6.18. The Hall–Kier alpha value is -1.84. The Morgan fingerprint density at radius 1 is 1.29 bits per heavy atom. The van der Waals surface area contributed by atoms with Crippen LogP contribution in [0.1, 0.15) is 61.1 Å². The summed E-state index contributed by atoms with van der Waals surface area (Å²) >= 11 is 0. The Morgan fingerprint density at radius 2 is 2.21 bits per heavy atom. The molecule has 3 atom stereocenters. The molecular formula is C20H25NO3. The van der Waals surface area contributed by atoms with E-state index >= 15 is 0 Å². The van der Waals surface area contributed by atoms with Gasteiger partial charge in [0.15, 0.2) is 0 Å². The van der Waals surface area contributed by atoms with Gasteiger partial charge >= 0.3 is 6.09 Å². The summed E-state index contributed by atoms with van der Waals surface area (Å²) in [6, 6.07) is 6.97. The molecule has 4 nitrogen and oxygen atoms in total. The largest absolute Gasteiger partial charge is 0.447 e. The second-order valence-corrected chi connectivity index (χ2v) is 7.80. The number of hydrogen-bond donors (Lipinski definition) is 1. The number of nitrogens with one attached hydrogen (secondary N) is 1. The fourth-order valence-corrected chi connectivity index (χ4v) is 4.80. The average Bonchev–Trinajstić information content (AvgIpc) is 3.18. The first-order valence-corrected chi connectivity index (χ1v) is 9.18. The number of ether oxygens (including phenoxy) is 1. The van der Waals surface area contributed by atoms with Crippen LogP contribution in [-0.2, 0) is 22.4 Å². The molecule has 1 aromatic rings. The molecular weight excluding hydrogens is 302 g/mol. The van der Waals surface area contributed by atoms with Gasteiger partial charge in [-0.1, -0.05) is 18.2 Å². The van der Waals surface area contributed by atoms with E-state index in [0.717, 1.165) is 44.8 Å². The van der Waals surface area contributed by atoms with E-state index in [1.54, 1.807) is 0 Å². The molecule has 24 heavy (non-hydrogen) atoms. The van der Waals surface area contributed by atoms with E-state index < -0.39 is 0 Å². The van der Waals surface area contributed by atoms with Crippen molar-refractivity contribution in [1.29, 1.82) is 0 Å². The Morgan fingerprint density at radius 3 is 3.00 bits per heavy atom. The minimum Gasteiger partial charge on any atom is -0.447 e. The molecule has 3 aliphatic rings. The SMILES string of the molecule is O=CCC[C@@H]1CCc2cc([C@@H]3CCC4(COC(=O)N4)C3)ccc2C1. The van der Waals surface area contributed by atoms with Crippen LogP contribution in [0.4, 0.5) is 4.79 Å². The van der Waals surface area contributed by atoms with Crippen LogP contribution in [0.2, 0.25) is 0 Å². The monoisotopic (exact) mass is 327 g/mol. The maximum Gasteiger partial charge on any atom is 0.407 e. The van der Waals surface area contributed by atoms with Crippen LogP contribution in [0.25, 0.3) is 0 Å². The highest BCUT2D eigenvalue weighted by molar-refractivity contribution is 5.70. The molecule has 1 amide bonds. The molecule has 1 saturated heterocycles. The average molecular weight is 327 g/mol. The van der Waals surface area contributed by atoms with E-state index in [1.807, 2.05) is 0 Å². The van der Waals surface area contributed by atoms with Crippen molar-refractivity contribution in [3.05, 3.63) is 34.9 Å². The van der Waals surface area contributed by atoms with Crippen molar-refractivity contribution in [1.82, 2.24) is 5.32 Å². The van der Waals surface area contributed by atoms with Gasteiger partial charge in [0.05, 0.1) is 5.54 Å². The van der Waals surface area contributed by atoms with E-state index in [0.29, 0.717) is 24.9 Å². The van der Waals surface area contributed by atoms with Gasteiger partial charge in [-0.2, -0.15) is 0 Å². The van der Waals surface area contributed by atoms with Gasteiger partial charge in [0.1, 0.15) is 12.9 Å². The molecule has 1 spiro atoms. The molecule has 1 aromatic carbocycles. The smallest absolute Gasteiger partial charge is 0.407 e. The molecule has 1 N–H and O–H groups in total. The van der Waals surface area contributed by atoms with Crippen molar-refractivity contribution in [3.63, 3.8) is 0 Å². The first kappa shape index (κ1) is 15.7. The van der Waals surface area contributed by atoms with E-state index in [2.05, 4.69) is 23.5 Å². The van der Waals surface area contributed by atoms with Crippen molar-refractivity contribution in [2.24, 2.45) is 5.92 Å². The lowest BCUT2D eigenvalue weighted by molar-refractivity contribution is -0.108. The van der Waals surface area contributed by atoms with Gasteiger partial charge in [-0.05, 0) is 73.5 Å². The van der Waals surface area contributed by atoms with E-state index in [1.165, 1.54) is 23.1 Å². The number of amides is 1. The molecule has 2 aliphatic carbocycles. The highest BCUT2D eigenvalue weighted by Gasteiger charge is 2.46. The van der Waals surface area contributed by atoms with Gasteiger partial charge in [-0.15, -0.1) is 0 Å². The van der Waals surface area contributed by atoms with Gasteiger partial charge in [0.25, 0.3) is 0 Å². The van der Waals surface area contributed by atoms with E-state index in [9.17, 15) is 9.59 Å². The first-order chi connectivity index (χ1) is 11.7. The number of cyclic esters (lactones) is 1. The zero-order valence-corrected chi connectivity index (χ0v) is 14.1. The minimum atomic E-state index is -0.262. The number of aldehydes is 1. The van der Waals surface area contributed by atoms with Crippen LogP contribution in [-0.4, -0.2) is 24.5 Å². The molecule has 1 aliphatic heterocycles. The number of aryl methyl sites for hydroxylation is 1. The van der Waals surface area contributed by atoms with Crippen molar-refractivity contribution >= 4 is 12.4 Å². The summed E-state index contributed by atoms with van der Waals surface area (Å²) in [7, 11) is 0. The van der Waals surface area contributed by atoms with Gasteiger partial charge in [-0.25, -0.2) is 4.79 Å². The summed E-state index contributed by atoms with van der Waals surface area (Å²) in [5, 5.41) is 3.03. The predicted molar refractivity (Wildman–Crippen MR) is 91.1 cm³/mol. The molecule has 0 aromatic heterocycles. The third kappa shape index (κ3) is 2.94. The van der Waals surface area contributed by atoms with E-state index in [4.69, 9.17) is 4.74 Å². The first-order valence-electron chi connectivity index (χ1n) is 9.18. The fourth-order valence-electron chi connectivity index (χ4n) is 4.80. The lowest BCUT2D eigenvalue weighted by atomic mass is 9.80. The van der Waals surface area contributed by atoms with Crippen LogP contribution < -0.4 is 5.32 Å². The Bertz CT molecular complexity index is 656. The molecule has 2 fully saturated rings. The minimum absolute atomic E-state index is 0.127. The maximum atomic E-state index is 11.4. The number of alkyl carbamates (subject to hydrolysis) is 1. The molecule has 1 unspecified atom stereocenters. The molecule has 128 valence electrons. The fraction of sp³-hybridized carbons (Fsp3) is 0.600. The second-order valence-electron chi connectivity index (χ2n) is 7.80. The zero-order valence-electron chi connectivity index (χ0n) is 14.1. The summed E-state index contributed by atoms with van der Waals surface area (Å²) in [5.41, 5.74) is 4.24. The van der Waals surface area contributed by atoms with Gasteiger partial charge < -0.3 is 14.8 Å². The Kier molecular flexibility index (Phi) is 4.07. The van der Waals surface area contributed by atoms with Gasteiger partial charge in [-0.3, -0.25) is 0 Å². The van der Waals surface area contributed by atoms with Crippen molar-refractivity contribution in [2.75, 3.05) is 6.61 Å². The Balaban J connectivity index is 1.45. The number of hydrogen-bond acceptors (Lipinski definition) is 3. The second kappa shape index (κ2) is 6.23.